The average molecular weight is 341 g/mol. The molecule has 1 aliphatic rings. The largest absolute Gasteiger partial charge is 0.356 e. The third-order valence-corrected chi connectivity index (χ3v) is 4.79. The molecule has 0 spiro atoms. The SMILES string of the molecule is Cc1c(N2CCCCC2)nc2cc(F)cc(F)c2c1Br. The minimum atomic E-state index is -0.595. The van der Waals surface area contributed by atoms with Crippen LogP contribution in [-0.2, 0) is 0 Å². The van der Waals surface area contributed by atoms with Gasteiger partial charge in [0, 0.05) is 35.3 Å². The molecular weight excluding hydrogens is 326 g/mol. The summed E-state index contributed by atoms with van der Waals surface area (Å²) in [6, 6.07) is 2.19. The van der Waals surface area contributed by atoms with Gasteiger partial charge in [-0.05, 0) is 42.1 Å². The summed E-state index contributed by atoms with van der Waals surface area (Å²) < 4.78 is 28.0. The van der Waals surface area contributed by atoms with Crippen LogP contribution in [0.5, 0.6) is 0 Å². The third-order valence-electron chi connectivity index (χ3n) is 3.80. The van der Waals surface area contributed by atoms with E-state index >= 15 is 0 Å². The molecule has 3 rings (SSSR count). The first-order valence-electron chi connectivity index (χ1n) is 6.77. The Kier molecular flexibility index (Phi) is 3.63. The molecule has 1 aliphatic heterocycles. The van der Waals surface area contributed by atoms with Gasteiger partial charge in [-0.15, -0.1) is 0 Å². The van der Waals surface area contributed by atoms with Crippen molar-refractivity contribution < 1.29 is 8.78 Å². The first-order valence-corrected chi connectivity index (χ1v) is 7.57. The molecule has 2 nitrogen and oxygen atoms in total. The van der Waals surface area contributed by atoms with Crippen molar-refractivity contribution in [3.05, 3.63) is 33.8 Å². The van der Waals surface area contributed by atoms with Crippen LogP contribution in [0.15, 0.2) is 16.6 Å². The monoisotopic (exact) mass is 340 g/mol. The fraction of sp³-hybridized carbons (Fsp3) is 0.400. The molecule has 1 saturated heterocycles. The number of halogens is 3. The maximum atomic E-state index is 13.9. The summed E-state index contributed by atoms with van der Waals surface area (Å²) in [4.78, 5) is 6.70. The normalized spacial score (nSPS) is 15.9. The van der Waals surface area contributed by atoms with Gasteiger partial charge in [0.05, 0.1) is 10.9 Å². The number of anilines is 1. The van der Waals surface area contributed by atoms with Crippen molar-refractivity contribution in [3.63, 3.8) is 0 Å². The van der Waals surface area contributed by atoms with E-state index in [9.17, 15) is 8.78 Å². The average Bonchev–Trinajstić information content (AvgIpc) is 2.43. The van der Waals surface area contributed by atoms with Crippen LogP contribution in [0.1, 0.15) is 24.8 Å². The summed E-state index contributed by atoms with van der Waals surface area (Å²) in [5, 5.41) is 0.352. The van der Waals surface area contributed by atoms with E-state index < -0.39 is 11.6 Å². The highest BCUT2D eigenvalue weighted by atomic mass is 79.9. The number of benzene rings is 1. The molecule has 0 N–H and O–H groups in total. The lowest BCUT2D eigenvalue weighted by molar-refractivity contribution is 0.572. The van der Waals surface area contributed by atoms with Crippen molar-refractivity contribution in [2.45, 2.75) is 26.2 Å². The number of rotatable bonds is 1. The van der Waals surface area contributed by atoms with Gasteiger partial charge in [0.25, 0.3) is 0 Å². The topological polar surface area (TPSA) is 16.1 Å². The van der Waals surface area contributed by atoms with Crippen molar-refractivity contribution in [1.82, 2.24) is 4.98 Å². The predicted octanol–water partition coefficient (Wildman–Crippen LogP) is 4.57. The molecule has 0 saturated carbocycles. The van der Waals surface area contributed by atoms with Crippen molar-refractivity contribution >= 4 is 32.7 Å². The molecule has 0 aliphatic carbocycles. The van der Waals surface area contributed by atoms with Gasteiger partial charge in [-0.25, -0.2) is 13.8 Å². The van der Waals surface area contributed by atoms with Crippen molar-refractivity contribution in [2.24, 2.45) is 0 Å². The first kappa shape index (κ1) is 13.7. The van der Waals surface area contributed by atoms with Crippen molar-refractivity contribution in [1.29, 1.82) is 0 Å². The van der Waals surface area contributed by atoms with Crippen LogP contribution in [0.4, 0.5) is 14.6 Å². The summed E-state index contributed by atoms with van der Waals surface area (Å²) in [7, 11) is 0. The lowest BCUT2D eigenvalue weighted by Crippen LogP contribution is -2.30. The molecule has 2 heterocycles. The standard InChI is InChI=1S/C15H15BrF2N2/c1-9-14(16)13-11(18)7-10(17)8-12(13)19-15(9)20-5-3-2-4-6-20/h7-8H,2-6H2,1H3. The second kappa shape index (κ2) is 5.28. The molecule has 5 heteroatoms. The van der Waals surface area contributed by atoms with Gasteiger partial charge in [-0.1, -0.05) is 0 Å². The van der Waals surface area contributed by atoms with Gasteiger partial charge >= 0.3 is 0 Å². The maximum Gasteiger partial charge on any atom is 0.136 e. The van der Waals surface area contributed by atoms with Crippen LogP contribution < -0.4 is 4.90 Å². The van der Waals surface area contributed by atoms with E-state index in [0.717, 1.165) is 43.4 Å². The Morgan fingerprint density at radius 1 is 1.15 bits per heavy atom. The predicted molar refractivity (Wildman–Crippen MR) is 80.2 cm³/mol. The highest BCUT2D eigenvalue weighted by Crippen LogP contribution is 2.35. The van der Waals surface area contributed by atoms with E-state index in [0.29, 0.717) is 15.4 Å². The van der Waals surface area contributed by atoms with Gasteiger partial charge in [0.2, 0.25) is 0 Å². The molecular formula is C15H15BrF2N2. The van der Waals surface area contributed by atoms with E-state index in [1.807, 2.05) is 6.92 Å². The smallest absolute Gasteiger partial charge is 0.136 e. The molecule has 1 aromatic heterocycles. The molecule has 20 heavy (non-hydrogen) atoms. The molecule has 2 aromatic rings. The zero-order valence-electron chi connectivity index (χ0n) is 11.2. The molecule has 1 aromatic carbocycles. The van der Waals surface area contributed by atoms with E-state index in [4.69, 9.17) is 0 Å². The van der Waals surface area contributed by atoms with Gasteiger partial charge < -0.3 is 4.90 Å². The Balaban J connectivity index is 2.21. The molecule has 0 amide bonds. The number of hydrogen-bond acceptors (Lipinski definition) is 2. The number of aromatic nitrogens is 1. The van der Waals surface area contributed by atoms with E-state index in [-0.39, 0.29) is 0 Å². The van der Waals surface area contributed by atoms with Crippen molar-refractivity contribution in [3.8, 4) is 0 Å². The summed E-state index contributed by atoms with van der Waals surface area (Å²) in [6.45, 7) is 3.82. The lowest BCUT2D eigenvalue weighted by atomic mass is 10.1. The zero-order valence-corrected chi connectivity index (χ0v) is 12.8. The van der Waals surface area contributed by atoms with Gasteiger partial charge in [-0.3, -0.25) is 0 Å². The zero-order chi connectivity index (χ0) is 14.3. The number of pyridine rings is 1. The second-order valence-electron chi connectivity index (χ2n) is 5.20. The summed E-state index contributed by atoms with van der Waals surface area (Å²) >= 11 is 3.44. The summed E-state index contributed by atoms with van der Waals surface area (Å²) in [6.07, 6.45) is 3.50. The minimum Gasteiger partial charge on any atom is -0.356 e. The Bertz CT molecular complexity index is 667. The Morgan fingerprint density at radius 2 is 1.85 bits per heavy atom. The molecule has 0 atom stereocenters. The Morgan fingerprint density at radius 3 is 2.55 bits per heavy atom. The van der Waals surface area contributed by atoms with Crippen molar-refractivity contribution in [2.75, 3.05) is 18.0 Å². The molecule has 0 bridgehead atoms. The first-order chi connectivity index (χ1) is 9.58. The summed E-state index contributed by atoms with van der Waals surface area (Å²) in [5.41, 5.74) is 1.27. The van der Waals surface area contributed by atoms with E-state index in [1.165, 1.54) is 12.5 Å². The highest BCUT2D eigenvalue weighted by Gasteiger charge is 2.19. The Hall–Kier alpha value is -1.23. The van der Waals surface area contributed by atoms with Gasteiger partial charge in [-0.2, -0.15) is 0 Å². The lowest BCUT2D eigenvalue weighted by Gasteiger charge is -2.29. The number of nitrogens with zero attached hydrogens (tertiary/aromatic N) is 2. The minimum absolute atomic E-state index is 0.352. The van der Waals surface area contributed by atoms with Crippen LogP contribution in [0.2, 0.25) is 0 Å². The van der Waals surface area contributed by atoms with Crippen LogP contribution in [0.25, 0.3) is 10.9 Å². The van der Waals surface area contributed by atoms with Crippen LogP contribution >= 0.6 is 15.9 Å². The fourth-order valence-electron chi connectivity index (χ4n) is 2.76. The van der Waals surface area contributed by atoms with E-state index in [1.54, 1.807) is 0 Å². The van der Waals surface area contributed by atoms with Crippen LogP contribution in [0.3, 0.4) is 0 Å². The fourth-order valence-corrected chi connectivity index (χ4v) is 3.33. The third kappa shape index (κ3) is 2.28. The highest BCUT2D eigenvalue weighted by molar-refractivity contribution is 9.10. The quantitative estimate of drug-likeness (QED) is 0.755. The Labute approximate surface area is 124 Å². The van der Waals surface area contributed by atoms with Crippen LogP contribution in [-0.4, -0.2) is 18.1 Å². The van der Waals surface area contributed by atoms with Crippen LogP contribution in [0, 0.1) is 18.6 Å². The number of fused-ring (bicyclic) bond motifs is 1. The van der Waals surface area contributed by atoms with E-state index in [2.05, 4.69) is 25.8 Å². The van der Waals surface area contributed by atoms with Gasteiger partial charge in [0.1, 0.15) is 17.5 Å². The molecule has 106 valence electrons. The summed E-state index contributed by atoms with van der Waals surface area (Å²) in [5.74, 6) is -0.343. The second-order valence-corrected chi connectivity index (χ2v) is 6.00. The molecule has 0 unspecified atom stereocenters. The molecule has 1 fully saturated rings. The molecule has 0 radical (unpaired) electrons. The number of hydrogen-bond donors (Lipinski definition) is 0. The van der Waals surface area contributed by atoms with Gasteiger partial charge in [0.15, 0.2) is 0 Å². The maximum absolute atomic E-state index is 13.9. The number of piperidine rings is 1.